The van der Waals surface area contributed by atoms with Crippen molar-refractivity contribution in [3.63, 3.8) is 0 Å². The molecule has 0 aliphatic heterocycles. The fourth-order valence-corrected chi connectivity index (χ4v) is 3.86. The number of benzene rings is 3. The number of methoxy groups -OCH3 is 2. The molecule has 1 amide bonds. The van der Waals surface area contributed by atoms with Gasteiger partial charge in [-0.15, -0.1) is 0 Å². The fraction of sp³-hybridized carbons (Fsp3) is 0.226. The van der Waals surface area contributed by atoms with Gasteiger partial charge >= 0.3 is 29.8 Å². The fourth-order valence-electron chi connectivity index (χ4n) is 3.86. The number of nitrogens with one attached hydrogen (secondary N) is 1. The standard InChI is InChI=1S/C31H29NO13/c1-16-7-6-8-21(13-16)32-28(35)26(44-30(38)19-9-11-22(42-17(2)33)24(14-19)40-4)27(29(36)37)45-31(39)20-10-12-23(43-18(3)34)25(15-20)41-5/h6-15,26-27H,1-5H3,(H,32,35)(H,36,37)/t26-,27+/m1/s1. The summed E-state index contributed by atoms with van der Waals surface area (Å²) in [6, 6.07) is 13.6. The van der Waals surface area contributed by atoms with Crippen LogP contribution in [-0.2, 0) is 28.7 Å². The molecule has 0 fully saturated rings. The predicted octanol–water partition coefficient (Wildman–Crippen LogP) is 3.34. The third kappa shape index (κ3) is 9.03. The molecule has 14 nitrogen and oxygen atoms in total. The van der Waals surface area contributed by atoms with Crippen molar-refractivity contribution in [1.82, 2.24) is 0 Å². The summed E-state index contributed by atoms with van der Waals surface area (Å²) in [5, 5.41) is 12.5. The summed E-state index contributed by atoms with van der Waals surface area (Å²) in [6.45, 7) is 4.08. The van der Waals surface area contributed by atoms with Gasteiger partial charge in [0.05, 0.1) is 25.3 Å². The van der Waals surface area contributed by atoms with Gasteiger partial charge in [0.2, 0.25) is 12.2 Å². The number of carbonyl (C=O) groups excluding carboxylic acids is 5. The Morgan fingerprint density at radius 2 is 1.16 bits per heavy atom. The number of carbonyl (C=O) groups is 6. The molecule has 0 unspecified atom stereocenters. The number of aryl methyl sites for hydroxylation is 1. The number of aliphatic carboxylic acids is 1. The number of hydrogen-bond acceptors (Lipinski definition) is 12. The summed E-state index contributed by atoms with van der Waals surface area (Å²) in [5.41, 5.74) is 0.560. The van der Waals surface area contributed by atoms with Gasteiger partial charge in [-0.3, -0.25) is 14.4 Å². The van der Waals surface area contributed by atoms with Gasteiger partial charge < -0.3 is 38.8 Å². The molecule has 3 aromatic carbocycles. The molecule has 0 bridgehead atoms. The van der Waals surface area contributed by atoms with Gasteiger partial charge in [0, 0.05) is 19.5 Å². The number of amides is 1. The molecule has 0 aliphatic rings. The van der Waals surface area contributed by atoms with E-state index in [1.807, 2.05) is 0 Å². The Bertz CT molecular complexity index is 1630. The average molecular weight is 624 g/mol. The molecule has 0 saturated carbocycles. The van der Waals surface area contributed by atoms with Crippen LogP contribution < -0.4 is 24.3 Å². The minimum atomic E-state index is -2.34. The van der Waals surface area contributed by atoms with Crippen LogP contribution in [0.25, 0.3) is 0 Å². The maximum absolute atomic E-state index is 13.4. The van der Waals surface area contributed by atoms with Crippen molar-refractivity contribution >= 4 is 41.4 Å². The van der Waals surface area contributed by atoms with Crippen LogP contribution in [-0.4, -0.2) is 67.3 Å². The van der Waals surface area contributed by atoms with Gasteiger partial charge in [0.25, 0.3) is 5.91 Å². The maximum atomic E-state index is 13.4. The summed E-state index contributed by atoms with van der Waals surface area (Å²) in [6.07, 6.45) is -4.55. The largest absolute Gasteiger partial charge is 0.493 e. The van der Waals surface area contributed by atoms with Gasteiger partial charge in [-0.25, -0.2) is 14.4 Å². The third-order valence-electron chi connectivity index (χ3n) is 5.84. The first-order valence-corrected chi connectivity index (χ1v) is 13.1. The van der Waals surface area contributed by atoms with Gasteiger partial charge in [-0.05, 0) is 61.0 Å². The molecule has 3 rings (SSSR count). The zero-order valence-electron chi connectivity index (χ0n) is 24.8. The van der Waals surface area contributed by atoms with Crippen molar-refractivity contribution < 1.29 is 62.3 Å². The highest BCUT2D eigenvalue weighted by Gasteiger charge is 2.41. The summed E-state index contributed by atoms with van der Waals surface area (Å²) in [5.74, 6) is -6.77. The van der Waals surface area contributed by atoms with Crippen LogP contribution >= 0.6 is 0 Å². The van der Waals surface area contributed by atoms with Gasteiger partial charge in [0.1, 0.15) is 0 Å². The van der Waals surface area contributed by atoms with E-state index in [4.69, 9.17) is 28.4 Å². The summed E-state index contributed by atoms with van der Waals surface area (Å²) >= 11 is 0. The first-order chi connectivity index (χ1) is 21.3. The molecule has 2 N–H and O–H groups in total. The van der Waals surface area contributed by atoms with E-state index in [-0.39, 0.29) is 39.8 Å². The molecule has 0 saturated heterocycles. The highest BCUT2D eigenvalue weighted by Crippen LogP contribution is 2.30. The van der Waals surface area contributed by atoms with E-state index in [9.17, 15) is 33.9 Å². The molecule has 14 heteroatoms. The normalized spacial score (nSPS) is 11.7. The van der Waals surface area contributed by atoms with Crippen molar-refractivity contribution in [2.45, 2.75) is 33.0 Å². The van der Waals surface area contributed by atoms with Crippen LogP contribution in [0.1, 0.15) is 40.1 Å². The summed E-state index contributed by atoms with van der Waals surface area (Å²) < 4.78 is 30.8. The Morgan fingerprint density at radius 1 is 0.667 bits per heavy atom. The molecule has 3 aromatic rings. The van der Waals surface area contributed by atoms with Crippen LogP contribution in [0.4, 0.5) is 5.69 Å². The van der Waals surface area contributed by atoms with Crippen molar-refractivity contribution in [2.24, 2.45) is 0 Å². The molecule has 0 radical (unpaired) electrons. The predicted molar refractivity (Wildman–Crippen MR) is 154 cm³/mol. The quantitative estimate of drug-likeness (QED) is 0.221. The Balaban J connectivity index is 1.97. The summed E-state index contributed by atoms with van der Waals surface area (Å²) in [7, 11) is 2.50. The second-order valence-electron chi connectivity index (χ2n) is 9.27. The Labute approximate surface area is 256 Å². The number of anilines is 1. The topological polar surface area (TPSA) is 190 Å². The number of rotatable bonds is 12. The van der Waals surface area contributed by atoms with E-state index in [2.05, 4.69) is 5.32 Å². The van der Waals surface area contributed by atoms with Gasteiger partial charge in [0.15, 0.2) is 23.0 Å². The Hall–Kier alpha value is -5.92. The van der Waals surface area contributed by atoms with Crippen LogP contribution in [0, 0.1) is 6.92 Å². The number of hydrogen-bond donors (Lipinski definition) is 2. The smallest absolute Gasteiger partial charge is 0.349 e. The van der Waals surface area contributed by atoms with E-state index in [1.165, 1.54) is 44.6 Å². The average Bonchev–Trinajstić information content (AvgIpc) is 2.98. The highest BCUT2D eigenvalue weighted by molar-refractivity contribution is 6.01. The van der Waals surface area contributed by atoms with Gasteiger partial charge in [-0.2, -0.15) is 0 Å². The SMILES string of the molecule is COc1cc(C(=O)O[C@H](C(=O)O)[C@@H](OC(=O)c2ccc(OC(C)=O)c(OC)c2)C(=O)Nc2cccc(C)c2)ccc1OC(C)=O. The molecule has 0 aromatic heterocycles. The van der Waals surface area contributed by atoms with Crippen LogP contribution in [0.5, 0.6) is 23.0 Å². The first kappa shape index (κ1) is 33.6. The van der Waals surface area contributed by atoms with Crippen LogP contribution in [0.3, 0.4) is 0 Å². The van der Waals surface area contributed by atoms with E-state index >= 15 is 0 Å². The van der Waals surface area contributed by atoms with E-state index in [0.717, 1.165) is 31.5 Å². The van der Waals surface area contributed by atoms with E-state index in [0.29, 0.717) is 0 Å². The molecular formula is C31H29NO13. The Morgan fingerprint density at radius 3 is 1.58 bits per heavy atom. The van der Waals surface area contributed by atoms with Crippen LogP contribution in [0.15, 0.2) is 60.7 Å². The van der Waals surface area contributed by atoms with E-state index < -0.39 is 48.0 Å². The van der Waals surface area contributed by atoms with Crippen molar-refractivity contribution in [3.8, 4) is 23.0 Å². The number of carboxylic acid groups (broad SMARTS) is 1. The maximum Gasteiger partial charge on any atom is 0.349 e. The minimum Gasteiger partial charge on any atom is -0.493 e. The lowest BCUT2D eigenvalue weighted by atomic mass is 10.1. The third-order valence-corrected chi connectivity index (χ3v) is 5.84. The number of ether oxygens (including phenoxy) is 6. The van der Waals surface area contributed by atoms with Gasteiger partial charge in [-0.1, -0.05) is 12.1 Å². The molecule has 2 atom stereocenters. The number of carboxylic acids is 1. The molecular weight excluding hydrogens is 594 g/mol. The zero-order chi connectivity index (χ0) is 33.3. The lowest BCUT2D eigenvalue weighted by Gasteiger charge is -2.24. The molecule has 0 aliphatic carbocycles. The highest BCUT2D eigenvalue weighted by atomic mass is 16.6. The second-order valence-corrected chi connectivity index (χ2v) is 9.27. The lowest BCUT2D eigenvalue weighted by Crippen LogP contribution is -2.48. The monoisotopic (exact) mass is 623 g/mol. The summed E-state index contributed by atoms with van der Waals surface area (Å²) in [4.78, 5) is 74.8. The zero-order valence-corrected chi connectivity index (χ0v) is 24.8. The number of esters is 4. The van der Waals surface area contributed by atoms with E-state index in [1.54, 1.807) is 25.1 Å². The molecule has 45 heavy (non-hydrogen) atoms. The lowest BCUT2D eigenvalue weighted by molar-refractivity contribution is -0.157. The first-order valence-electron chi connectivity index (χ1n) is 13.1. The minimum absolute atomic E-state index is 0.0113. The Kier molecular flexibility index (Phi) is 11.2. The van der Waals surface area contributed by atoms with Crippen molar-refractivity contribution in [1.29, 1.82) is 0 Å². The van der Waals surface area contributed by atoms with Crippen molar-refractivity contribution in [3.05, 3.63) is 77.4 Å². The molecule has 0 spiro atoms. The molecule has 0 heterocycles. The second kappa shape index (κ2) is 15.0. The molecule has 236 valence electrons. The van der Waals surface area contributed by atoms with Crippen LogP contribution in [0.2, 0.25) is 0 Å². The van der Waals surface area contributed by atoms with Crippen molar-refractivity contribution in [2.75, 3.05) is 19.5 Å².